The molecular weight excluding hydrogens is 441 g/mol. The summed E-state index contributed by atoms with van der Waals surface area (Å²) >= 11 is 6.17. The van der Waals surface area contributed by atoms with Crippen molar-refractivity contribution in [1.29, 1.82) is 0 Å². The van der Waals surface area contributed by atoms with E-state index >= 15 is 0 Å². The first-order valence-electron chi connectivity index (χ1n) is 10.6. The van der Waals surface area contributed by atoms with Gasteiger partial charge in [0.2, 0.25) is 5.91 Å². The average molecular weight is 468 g/mol. The Morgan fingerprint density at radius 3 is 2.27 bits per heavy atom. The fourth-order valence-corrected chi connectivity index (χ4v) is 3.82. The van der Waals surface area contributed by atoms with Crippen LogP contribution in [0.15, 0.2) is 78.9 Å². The molecule has 3 aromatic rings. The van der Waals surface area contributed by atoms with E-state index in [1.165, 1.54) is 12.1 Å². The first-order valence-corrected chi connectivity index (χ1v) is 11.0. The molecule has 0 aliphatic heterocycles. The molecule has 0 saturated carbocycles. The molecule has 2 amide bonds. The van der Waals surface area contributed by atoms with Gasteiger partial charge in [-0.05, 0) is 49.5 Å². The van der Waals surface area contributed by atoms with Gasteiger partial charge in [-0.3, -0.25) is 9.59 Å². The highest BCUT2D eigenvalue weighted by atomic mass is 35.5. The molecular formula is C26H27ClFN3O2. The van der Waals surface area contributed by atoms with E-state index in [-0.39, 0.29) is 30.1 Å². The summed E-state index contributed by atoms with van der Waals surface area (Å²) < 4.78 is 13.7. The van der Waals surface area contributed by atoms with Crippen LogP contribution in [0.2, 0.25) is 5.02 Å². The summed E-state index contributed by atoms with van der Waals surface area (Å²) in [5.41, 5.74) is 1.92. The van der Waals surface area contributed by atoms with Crippen LogP contribution in [-0.2, 0) is 4.79 Å². The minimum absolute atomic E-state index is 0.0451. The zero-order valence-electron chi connectivity index (χ0n) is 18.6. The quantitative estimate of drug-likeness (QED) is 0.477. The fourth-order valence-electron chi connectivity index (χ4n) is 3.60. The molecule has 2 atom stereocenters. The van der Waals surface area contributed by atoms with E-state index < -0.39 is 6.04 Å². The smallest absolute Gasteiger partial charge is 0.253 e. The number of amides is 2. The lowest BCUT2D eigenvalue weighted by Gasteiger charge is -2.26. The summed E-state index contributed by atoms with van der Waals surface area (Å²) in [6.45, 7) is 0.301. The summed E-state index contributed by atoms with van der Waals surface area (Å²) in [5.74, 6) is -0.906. The molecule has 0 aromatic heterocycles. The van der Waals surface area contributed by atoms with Crippen LogP contribution in [0.1, 0.15) is 40.0 Å². The Morgan fingerprint density at radius 2 is 1.61 bits per heavy atom. The summed E-state index contributed by atoms with van der Waals surface area (Å²) in [4.78, 5) is 27.6. The number of nitrogens with zero attached hydrogens (tertiary/aromatic N) is 1. The lowest BCUT2D eigenvalue weighted by atomic mass is 10.0. The van der Waals surface area contributed by atoms with Crippen LogP contribution >= 0.6 is 11.6 Å². The molecule has 3 rings (SSSR count). The molecule has 0 fully saturated rings. The van der Waals surface area contributed by atoms with Gasteiger partial charge in [-0.15, -0.1) is 0 Å². The van der Waals surface area contributed by atoms with Gasteiger partial charge in [-0.1, -0.05) is 66.2 Å². The Kier molecular flexibility index (Phi) is 8.58. The Bertz CT molecular complexity index is 1090. The number of rotatable bonds is 9. The van der Waals surface area contributed by atoms with Gasteiger partial charge in [0.05, 0.1) is 29.1 Å². The summed E-state index contributed by atoms with van der Waals surface area (Å²) in [6, 6.07) is 21.7. The van der Waals surface area contributed by atoms with Crippen LogP contribution in [0.3, 0.4) is 0 Å². The van der Waals surface area contributed by atoms with Crippen LogP contribution < -0.4 is 10.6 Å². The molecule has 0 radical (unpaired) electrons. The minimum atomic E-state index is -0.540. The maximum Gasteiger partial charge on any atom is 0.253 e. The highest BCUT2D eigenvalue weighted by Crippen LogP contribution is 2.21. The van der Waals surface area contributed by atoms with E-state index in [4.69, 9.17) is 11.6 Å². The Hall–Kier alpha value is -3.22. The topological polar surface area (TPSA) is 61.4 Å². The molecule has 0 bridgehead atoms. The van der Waals surface area contributed by atoms with Crippen molar-refractivity contribution in [3.8, 4) is 0 Å². The van der Waals surface area contributed by atoms with Crippen molar-refractivity contribution in [2.75, 3.05) is 20.6 Å². The highest BCUT2D eigenvalue weighted by molar-refractivity contribution is 6.33. The second kappa shape index (κ2) is 11.6. The number of halogens is 2. The molecule has 3 aromatic carbocycles. The van der Waals surface area contributed by atoms with Crippen LogP contribution in [0.5, 0.6) is 0 Å². The average Bonchev–Trinajstić information content (AvgIpc) is 2.79. The van der Waals surface area contributed by atoms with Crippen molar-refractivity contribution in [2.45, 2.75) is 18.5 Å². The minimum Gasteiger partial charge on any atom is -0.354 e. The number of likely N-dealkylation sites (N-methyl/N-ethyl adjacent to an activating group) is 1. The molecule has 33 heavy (non-hydrogen) atoms. The van der Waals surface area contributed by atoms with Gasteiger partial charge in [0.25, 0.3) is 5.91 Å². The maximum atomic E-state index is 13.7. The fraction of sp³-hybridized carbons (Fsp3) is 0.231. The SMILES string of the molecule is CN(C)C(CNC(=O)CC(NC(=O)c1ccccc1Cl)c1ccccc1)c1cccc(F)c1. The van der Waals surface area contributed by atoms with Crippen molar-refractivity contribution in [2.24, 2.45) is 0 Å². The van der Waals surface area contributed by atoms with Gasteiger partial charge in [0.1, 0.15) is 5.82 Å². The van der Waals surface area contributed by atoms with E-state index in [2.05, 4.69) is 10.6 Å². The number of hydrogen-bond donors (Lipinski definition) is 2. The molecule has 2 unspecified atom stereocenters. The third kappa shape index (κ3) is 6.88. The van der Waals surface area contributed by atoms with Crippen molar-refractivity contribution < 1.29 is 14.0 Å². The standard InChI is InChI=1S/C26H27ClFN3O2/c1-31(2)24(19-11-8-12-20(28)15-19)17-29-25(32)16-23(18-9-4-3-5-10-18)30-26(33)21-13-6-7-14-22(21)27/h3-15,23-24H,16-17H2,1-2H3,(H,29,32)(H,30,33). The first-order chi connectivity index (χ1) is 15.8. The van der Waals surface area contributed by atoms with Crippen molar-refractivity contribution in [3.05, 3.63) is 106 Å². The lowest BCUT2D eigenvalue weighted by molar-refractivity contribution is -0.121. The van der Waals surface area contributed by atoms with Crippen LogP contribution in [0.4, 0.5) is 4.39 Å². The third-order valence-electron chi connectivity index (χ3n) is 5.36. The molecule has 5 nitrogen and oxygen atoms in total. The number of benzene rings is 3. The van der Waals surface area contributed by atoms with Gasteiger partial charge in [-0.2, -0.15) is 0 Å². The molecule has 0 aliphatic rings. The molecule has 0 heterocycles. The zero-order valence-corrected chi connectivity index (χ0v) is 19.4. The second-order valence-electron chi connectivity index (χ2n) is 7.96. The van der Waals surface area contributed by atoms with Crippen molar-refractivity contribution in [3.63, 3.8) is 0 Å². The Labute approximate surface area is 198 Å². The summed E-state index contributed by atoms with van der Waals surface area (Å²) in [7, 11) is 3.75. The van der Waals surface area contributed by atoms with Gasteiger partial charge >= 0.3 is 0 Å². The van der Waals surface area contributed by atoms with Gasteiger partial charge in [0.15, 0.2) is 0 Å². The monoisotopic (exact) mass is 467 g/mol. The number of carbonyl (C=O) groups is 2. The van der Waals surface area contributed by atoms with E-state index in [1.54, 1.807) is 30.3 Å². The van der Waals surface area contributed by atoms with Gasteiger partial charge < -0.3 is 15.5 Å². The predicted molar refractivity (Wildman–Crippen MR) is 129 cm³/mol. The zero-order chi connectivity index (χ0) is 23.8. The van der Waals surface area contributed by atoms with Crippen molar-refractivity contribution >= 4 is 23.4 Å². The number of carbonyl (C=O) groups excluding carboxylic acids is 2. The maximum absolute atomic E-state index is 13.7. The predicted octanol–water partition coefficient (Wildman–Crippen LogP) is 4.76. The van der Waals surface area contributed by atoms with Crippen LogP contribution in [0.25, 0.3) is 0 Å². The van der Waals surface area contributed by atoms with Crippen LogP contribution in [0, 0.1) is 5.82 Å². The lowest BCUT2D eigenvalue weighted by Crippen LogP contribution is -2.37. The second-order valence-corrected chi connectivity index (χ2v) is 8.37. The van der Waals surface area contributed by atoms with E-state index in [1.807, 2.05) is 55.4 Å². The molecule has 0 aliphatic carbocycles. The van der Waals surface area contributed by atoms with Crippen molar-refractivity contribution in [1.82, 2.24) is 15.5 Å². The largest absolute Gasteiger partial charge is 0.354 e. The number of nitrogens with one attached hydrogen (secondary N) is 2. The summed E-state index contributed by atoms with van der Waals surface area (Å²) in [6.07, 6.45) is 0.0451. The van der Waals surface area contributed by atoms with Gasteiger partial charge in [-0.25, -0.2) is 4.39 Å². The summed E-state index contributed by atoms with van der Waals surface area (Å²) in [5, 5.41) is 6.20. The third-order valence-corrected chi connectivity index (χ3v) is 5.69. The van der Waals surface area contributed by atoms with E-state index in [0.29, 0.717) is 17.1 Å². The molecule has 2 N–H and O–H groups in total. The molecule has 0 spiro atoms. The van der Waals surface area contributed by atoms with E-state index in [0.717, 1.165) is 11.1 Å². The van der Waals surface area contributed by atoms with E-state index in [9.17, 15) is 14.0 Å². The molecule has 172 valence electrons. The first kappa shape index (κ1) is 24.4. The van der Waals surface area contributed by atoms with Gasteiger partial charge in [0, 0.05) is 6.54 Å². The molecule has 7 heteroatoms. The van der Waals surface area contributed by atoms with Crippen LogP contribution in [-0.4, -0.2) is 37.4 Å². The highest BCUT2D eigenvalue weighted by Gasteiger charge is 2.22. The normalized spacial score (nSPS) is 12.8. The molecule has 0 saturated heterocycles. The number of hydrogen-bond acceptors (Lipinski definition) is 3. The Morgan fingerprint density at radius 1 is 0.939 bits per heavy atom. The Balaban J connectivity index is 1.71.